The van der Waals surface area contributed by atoms with E-state index in [4.69, 9.17) is 4.74 Å². The molecule has 156 valence electrons. The lowest BCUT2D eigenvalue weighted by molar-refractivity contribution is 0.0950. The molecule has 1 saturated heterocycles. The van der Waals surface area contributed by atoms with E-state index in [0.717, 1.165) is 37.7 Å². The number of nitrogens with one attached hydrogen (secondary N) is 2. The van der Waals surface area contributed by atoms with Crippen LogP contribution in [0.4, 0.5) is 4.39 Å². The number of carbonyl (C=O) groups excluding carboxylic acids is 1. The SMILES string of the molecule is Cc1nc(COc2ccc(F)cc2)sc1C(=O)NCCN1CCNCC1.Cl.Cl. The second-order valence-corrected chi connectivity index (χ2v) is 7.20. The minimum Gasteiger partial charge on any atom is -0.486 e. The molecule has 0 saturated carbocycles. The van der Waals surface area contributed by atoms with Crippen LogP contribution in [0.15, 0.2) is 24.3 Å². The van der Waals surface area contributed by atoms with Gasteiger partial charge in [-0.1, -0.05) is 0 Å². The first-order chi connectivity index (χ1) is 12.6. The Hall–Kier alpha value is -1.45. The molecule has 0 atom stereocenters. The van der Waals surface area contributed by atoms with Gasteiger partial charge in [0.2, 0.25) is 0 Å². The molecule has 0 bridgehead atoms. The van der Waals surface area contributed by atoms with E-state index in [-0.39, 0.29) is 43.1 Å². The Morgan fingerprint density at radius 3 is 2.64 bits per heavy atom. The molecule has 0 unspecified atom stereocenters. The Labute approximate surface area is 180 Å². The molecule has 3 rings (SSSR count). The zero-order chi connectivity index (χ0) is 18.4. The fourth-order valence-electron chi connectivity index (χ4n) is 2.74. The summed E-state index contributed by atoms with van der Waals surface area (Å²) in [6.45, 7) is 7.58. The van der Waals surface area contributed by atoms with Gasteiger partial charge in [-0.25, -0.2) is 9.37 Å². The molecule has 2 N–H and O–H groups in total. The lowest BCUT2D eigenvalue weighted by atomic mass is 10.3. The van der Waals surface area contributed by atoms with Crippen molar-refractivity contribution in [3.63, 3.8) is 0 Å². The number of halogens is 3. The highest BCUT2D eigenvalue weighted by Crippen LogP contribution is 2.20. The van der Waals surface area contributed by atoms with Crippen LogP contribution in [0.25, 0.3) is 0 Å². The minimum atomic E-state index is -0.304. The van der Waals surface area contributed by atoms with Gasteiger partial charge >= 0.3 is 0 Å². The van der Waals surface area contributed by atoms with Gasteiger partial charge in [0, 0.05) is 39.3 Å². The van der Waals surface area contributed by atoms with Crippen LogP contribution in [0.5, 0.6) is 5.75 Å². The van der Waals surface area contributed by atoms with Crippen molar-refractivity contribution in [3.8, 4) is 5.75 Å². The zero-order valence-corrected chi connectivity index (χ0v) is 18.0. The van der Waals surface area contributed by atoms with E-state index in [1.54, 1.807) is 12.1 Å². The van der Waals surface area contributed by atoms with Gasteiger partial charge in [0.15, 0.2) is 0 Å². The van der Waals surface area contributed by atoms with Crippen molar-refractivity contribution in [1.82, 2.24) is 20.5 Å². The predicted octanol–water partition coefficient (Wildman–Crippen LogP) is 2.65. The van der Waals surface area contributed by atoms with Gasteiger partial charge < -0.3 is 15.4 Å². The number of benzene rings is 1. The van der Waals surface area contributed by atoms with Crippen LogP contribution < -0.4 is 15.4 Å². The quantitative estimate of drug-likeness (QED) is 0.678. The molecule has 1 aromatic carbocycles. The van der Waals surface area contributed by atoms with Crippen LogP contribution in [-0.4, -0.2) is 55.1 Å². The van der Waals surface area contributed by atoms with E-state index in [9.17, 15) is 9.18 Å². The molecular weight excluding hydrogens is 426 g/mol. The van der Waals surface area contributed by atoms with Crippen molar-refractivity contribution < 1.29 is 13.9 Å². The molecule has 0 radical (unpaired) electrons. The van der Waals surface area contributed by atoms with Gasteiger partial charge in [0.25, 0.3) is 5.91 Å². The fourth-order valence-corrected chi connectivity index (χ4v) is 3.64. The first kappa shape index (κ1) is 24.6. The number of rotatable bonds is 7. The van der Waals surface area contributed by atoms with Crippen molar-refractivity contribution in [3.05, 3.63) is 45.7 Å². The number of thiazole rings is 1. The number of amides is 1. The Morgan fingerprint density at radius 2 is 1.96 bits per heavy atom. The van der Waals surface area contributed by atoms with Crippen molar-refractivity contribution in [1.29, 1.82) is 0 Å². The molecule has 1 fully saturated rings. The second kappa shape index (κ2) is 12.2. The highest BCUT2D eigenvalue weighted by Gasteiger charge is 2.16. The van der Waals surface area contributed by atoms with Gasteiger partial charge in [-0.3, -0.25) is 9.69 Å². The highest BCUT2D eigenvalue weighted by atomic mass is 35.5. The number of nitrogens with zero attached hydrogens (tertiary/aromatic N) is 2. The molecule has 2 heterocycles. The van der Waals surface area contributed by atoms with Gasteiger partial charge in [-0.2, -0.15) is 0 Å². The van der Waals surface area contributed by atoms with E-state index >= 15 is 0 Å². The molecule has 1 aromatic heterocycles. The fraction of sp³-hybridized carbons (Fsp3) is 0.444. The molecule has 1 aliphatic rings. The summed E-state index contributed by atoms with van der Waals surface area (Å²) in [5, 5.41) is 7.00. The average molecular weight is 451 g/mol. The maximum atomic E-state index is 12.9. The molecule has 1 amide bonds. The van der Waals surface area contributed by atoms with Crippen molar-refractivity contribution >= 4 is 42.1 Å². The molecular formula is C18H25Cl2FN4O2S. The Kier molecular flexibility index (Phi) is 10.7. The van der Waals surface area contributed by atoms with E-state index < -0.39 is 0 Å². The molecule has 6 nitrogen and oxygen atoms in total. The number of aromatic nitrogens is 1. The summed E-state index contributed by atoms with van der Waals surface area (Å²) in [7, 11) is 0. The monoisotopic (exact) mass is 450 g/mol. The molecule has 10 heteroatoms. The number of hydrogen-bond donors (Lipinski definition) is 2. The third-order valence-corrected chi connectivity index (χ3v) is 5.28. The smallest absolute Gasteiger partial charge is 0.263 e. The van der Waals surface area contributed by atoms with E-state index in [1.165, 1.54) is 23.5 Å². The lowest BCUT2D eigenvalue weighted by Crippen LogP contribution is -2.46. The molecule has 1 aliphatic heterocycles. The molecule has 28 heavy (non-hydrogen) atoms. The average Bonchev–Trinajstić information content (AvgIpc) is 3.03. The van der Waals surface area contributed by atoms with Crippen LogP contribution in [0.2, 0.25) is 0 Å². The summed E-state index contributed by atoms with van der Waals surface area (Å²) >= 11 is 1.33. The Morgan fingerprint density at radius 1 is 1.29 bits per heavy atom. The number of ether oxygens (including phenoxy) is 1. The highest BCUT2D eigenvalue weighted by molar-refractivity contribution is 7.13. The normalized spacial score (nSPS) is 13.9. The van der Waals surface area contributed by atoms with Crippen LogP contribution in [0.1, 0.15) is 20.4 Å². The van der Waals surface area contributed by atoms with E-state index in [0.29, 0.717) is 22.9 Å². The third-order valence-electron chi connectivity index (χ3n) is 4.15. The minimum absolute atomic E-state index is 0. The summed E-state index contributed by atoms with van der Waals surface area (Å²) in [5.41, 5.74) is 0.701. The van der Waals surface area contributed by atoms with Gasteiger partial charge in [-0.15, -0.1) is 36.2 Å². The molecule has 0 aliphatic carbocycles. The Balaban J connectivity index is 0.00000196. The number of hydrogen-bond acceptors (Lipinski definition) is 6. The summed E-state index contributed by atoms with van der Waals surface area (Å²) < 4.78 is 18.5. The third kappa shape index (κ3) is 7.18. The second-order valence-electron chi connectivity index (χ2n) is 6.11. The Bertz CT molecular complexity index is 740. The van der Waals surface area contributed by atoms with Gasteiger partial charge in [-0.05, 0) is 31.2 Å². The maximum Gasteiger partial charge on any atom is 0.263 e. The topological polar surface area (TPSA) is 66.5 Å². The van der Waals surface area contributed by atoms with Crippen molar-refractivity contribution in [2.45, 2.75) is 13.5 Å². The summed E-state index contributed by atoms with van der Waals surface area (Å²) in [5.74, 6) is 0.173. The van der Waals surface area contributed by atoms with Crippen LogP contribution in [0.3, 0.4) is 0 Å². The molecule has 2 aromatic rings. The largest absolute Gasteiger partial charge is 0.486 e. The lowest BCUT2D eigenvalue weighted by Gasteiger charge is -2.27. The van der Waals surface area contributed by atoms with Crippen LogP contribution in [0, 0.1) is 12.7 Å². The maximum absolute atomic E-state index is 12.9. The van der Waals surface area contributed by atoms with Gasteiger partial charge in [0.05, 0.1) is 5.69 Å². The van der Waals surface area contributed by atoms with E-state index in [1.807, 2.05) is 6.92 Å². The zero-order valence-electron chi connectivity index (χ0n) is 15.6. The first-order valence-corrected chi connectivity index (χ1v) is 9.49. The number of piperazine rings is 1. The number of carbonyl (C=O) groups is 1. The summed E-state index contributed by atoms with van der Waals surface area (Å²) in [6.07, 6.45) is 0. The van der Waals surface area contributed by atoms with E-state index in [2.05, 4.69) is 20.5 Å². The summed E-state index contributed by atoms with van der Waals surface area (Å²) in [4.78, 5) is 19.7. The molecule has 0 spiro atoms. The van der Waals surface area contributed by atoms with Crippen molar-refractivity contribution in [2.24, 2.45) is 0 Å². The number of aryl methyl sites for hydroxylation is 1. The van der Waals surface area contributed by atoms with Crippen LogP contribution >= 0.6 is 36.2 Å². The van der Waals surface area contributed by atoms with Gasteiger partial charge in [0.1, 0.15) is 28.1 Å². The van der Waals surface area contributed by atoms with Crippen molar-refractivity contribution in [2.75, 3.05) is 39.3 Å². The standard InChI is InChI=1S/C18H23FN4O2S.2ClH/c1-13-17(18(24)21-8-11-23-9-6-20-7-10-23)26-16(22-13)12-25-15-4-2-14(19)3-5-15;;/h2-5,20H,6-12H2,1H3,(H,21,24);2*1H. The predicted molar refractivity (Wildman–Crippen MR) is 114 cm³/mol. The first-order valence-electron chi connectivity index (χ1n) is 8.68. The van der Waals surface area contributed by atoms with Crippen LogP contribution in [-0.2, 0) is 6.61 Å². The summed E-state index contributed by atoms with van der Waals surface area (Å²) in [6, 6.07) is 5.83.